The van der Waals surface area contributed by atoms with E-state index in [4.69, 9.17) is 4.74 Å². The standard InChI is InChI=1S/C16H21F2NO4/c1-3-23-10-4-8-19(9-7-15(20)22-2)16(21)12-5-6-13(17)14(18)11-12/h5-6,11H,3-4,7-10H2,1-2H3. The van der Waals surface area contributed by atoms with E-state index >= 15 is 0 Å². The van der Waals surface area contributed by atoms with Gasteiger partial charge in [-0.05, 0) is 31.5 Å². The van der Waals surface area contributed by atoms with Gasteiger partial charge in [-0.15, -0.1) is 0 Å². The van der Waals surface area contributed by atoms with E-state index in [9.17, 15) is 18.4 Å². The van der Waals surface area contributed by atoms with Crippen LogP contribution >= 0.6 is 0 Å². The molecule has 0 atom stereocenters. The SMILES string of the molecule is CCOCCCN(CCC(=O)OC)C(=O)c1ccc(F)c(F)c1. The first kappa shape index (κ1) is 19.0. The van der Waals surface area contributed by atoms with Crippen LogP contribution in [-0.4, -0.2) is 50.2 Å². The van der Waals surface area contributed by atoms with Gasteiger partial charge in [0.25, 0.3) is 5.91 Å². The Hall–Kier alpha value is -2.02. The number of halogens is 2. The van der Waals surface area contributed by atoms with Crippen molar-refractivity contribution < 1.29 is 27.8 Å². The molecule has 1 amide bonds. The van der Waals surface area contributed by atoms with Crippen LogP contribution in [-0.2, 0) is 14.3 Å². The third-order valence-electron chi connectivity index (χ3n) is 3.19. The van der Waals surface area contributed by atoms with Crippen LogP contribution in [0.25, 0.3) is 0 Å². The van der Waals surface area contributed by atoms with E-state index in [1.807, 2.05) is 6.92 Å². The highest BCUT2D eigenvalue weighted by Gasteiger charge is 2.18. The van der Waals surface area contributed by atoms with Crippen LogP contribution in [0.15, 0.2) is 18.2 Å². The van der Waals surface area contributed by atoms with Crippen LogP contribution in [0.3, 0.4) is 0 Å². The number of rotatable bonds is 9. The van der Waals surface area contributed by atoms with Crippen molar-refractivity contribution in [3.05, 3.63) is 35.4 Å². The number of hydrogen-bond acceptors (Lipinski definition) is 4. The Morgan fingerprint density at radius 1 is 1.17 bits per heavy atom. The van der Waals surface area contributed by atoms with E-state index in [0.29, 0.717) is 26.2 Å². The molecule has 0 spiro atoms. The smallest absolute Gasteiger partial charge is 0.307 e. The summed E-state index contributed by atoms with van der Waals surface area (Å²) in [4.78, 5) is 25.1. The Kier molecular flexibility index (Phi) is 8.18. The molecule has 0 aliphatic rings. The summed E-state index contributed by atoms with van der Waals surface area (Å²) < 4.78 is 36.0. The molecule has 0 fully saturated rings. The molecule has 0 aromatic heterocycles. The average Bonchev–Trinajstić information content (AvgIpc) is 2.55. The third-order valence-corrected chi connectivity index (χ3v) is 3.19. The summed E-state index contributed by atoms with van der Waals surface area (Å²) in [6.45, 7) is 3.38. The Labute approximate surface area is 134 Å². The lowest BCUT2D eigenvalue weighted by Gasteiger charge is -2.22. The molecular weight excluding hydrogens is 308 g/mol. The minimum Gasteiger partial charge on any atom is -0.469 e. The number of ether oxygens (including phenoxy) is 2. The van der Waals surface area contributed by atoms with Gasteiger partial charge < -0.3 is 14.4 Å². The van der Waals surface area contributed by atoms with E-state index in [-0.39, 0.29) is 18.5 Å². The van der Waals surface area contributed by atoms with Gasteiger partial charge in [-0.3, -0.25) is 9.59 Å². The zero-order chi connectivity index (χ0) is 17.2. The highest BCUT2D eigenvalue weighted by molar-refractivity contribution is 5.94. The van der Waals surface area contributed by atoms with Crippen LogP contribution in [0.4, 0.5) is 8.78 Å². The van der Waals surface area contributed by atoms with Crippen LogP contribution in [0.5, 0.6) is 0 Å². The second-order valence-corrected chi connectivity index (χ2v) is 4.80. The predicted molar refractivity (Wildman–Crippen MR) is 80.0 cm³/mol. The molecule has 23 heavy (non-hydrogen) atoms. The van der Waals surface area contributed by atoms with E-state index < -0.39 is 23.5 Å². The summed E-state index contributed by atoms with van der Waals surface area (Å²) in [6.07, 6.45) is 0.602. The summed E-state index contributed by atoms with van der Waals surface area (Å²) in [5.74, 6) is -3.01. The lowest BCUT2D eigenvalue weighted by molar-refractivity contribution is -0.140. The molecule has 0 N–H and O–H groups in total. The Balaban J connectivity index is 2.76. The molecule has 1 rings (SSSR count). The molecule has 128 valence electrons. The molecular formula is C16H21F2NO4. The molecule has 0 aliphatic carbocycles. The van der Waals surface area contributed by atoms with Crippen molar-refractivity contribution in [3.63, 3.8) is 0 Å². The highest BCUT2D eigenvalue weighted by Crippen LogP contribution is 2.12. The second-order valence-electron chi connectivity index (χ2n) is 4.80. The normalized spacial score (nSPS) is 10.4. The maximum Gasteiger partial charge on any atom is 0.307 e. The van der Waals surface area contributed by atoms with E-state index in [1.165, 1.54) is 18.1 Å². The number of esters is 1. The number of carbonyl (C=O) groups excluding carboxylic acids is 2. The first-order valence-corrected chi connectivity index (χ1v) is 7.38. The van der Waals surface area contributed by atoms with Gasteiger partial charge in [0.1, 0.15) is 0 Å². The fourth-order valence-corrected chi connectivity index (χ4v) is 1.96. The molecule has 5 nitrogen and oxygen atoms in total. The topological polar surface area (TPSA) is 55.8 Å². The largest absolute Gasteiger partial charge is 0.469 e. The molecule has 1 aromatic carbocycles. The number of amides is 1. The zero-order valence-electron chi connectivity index (χ0n) is 13.3. The van der Waals surface area contributed by atoms with Gasteiger partial charge in [0.2, 0.25) is 0 Å². The van der Waals surface area contributed by atoms with Gasteiger partial charge in [-0.25, -0.2) is 8.78 Å². The molecule has 0 heterocycles. The van der Waals surface area contributed by atoms with Crippen molar-refractivity contribution in [3.8, 4) is 0 Å². The van der Waals surface area contributed by atoms with E-state index in [2.05, 4.69) is 4.74 Å². The van der Waals surface area contributed by atoms with Gasteiger partial charge in [0.15, 0.2) is 11.6 Å². The Morgan fingerprint density at radius 3 is 2.52 bits per heavy atom. The lowest BCUT2D eigenvalue weighted by atomic mass is 10.1. The zero-order valence-corrected chi connectivity index (χ0v) is 13.3. The summed E-state index contributed by atoms with van der Waals surface area (Å²) >= 11 is 0. The Bertz CT molecular complexity index is 537. The highest BCUT2D eigenvalue weighted by atomic mass is 19.2. The molecule has 0 saturated heterocycles. The monoisotopic (exact) mass is 329 g/mol. The molecule has 1 aromatic rings. The van der Waals surface area contributed by atoms with E-state index in [1.54, 1.807) is 0 Å². The lowest BCUT2D eigenvalue weighted by Crippen LogP contribution is -2.34. The third kappa shape index (κ3) is 6.32. The summed E-state index contributed by atoms with van der Waals surface area (Å²) in [5, 5.41) is 0. The molecule has 0 radical (unpaired) electrons. The van der Waals surface area contributed by atoms with Gasteiger partial charge in [-0.2, -0.15) is 0 Å². The molecule has 7 heteroatoms. The van der Waals surface area contributed by atoms with Gasteiger partial charge in [0, 0.05) is 31.9 Å². The second kappa shape index (κ2) is 9.89. The maximum atomic E-state index is 13.3. The van der Waals surface area contributed by atoms with Crippen molar-refractivity contribution in [1.82, 2.24) is 4.90 Å². The fourth-order valence-electron chi connectivity index (χ4n) is 1.96. The molecule has 0 aliphatic heterocycles. The summed E-state index contributed by atoms with van der Waals surface area (Å²) in [6, 6.07) is 2.97. The van der Waals surface area contributed by atoms with Crippen molar-refractivity contribution in [1.29, 1.82) is 0 Å². The number of methoxy groups -OCH3 is 1. The van der Waals surface area contributed by atoms with Crippen molar-refractivity contribution >= 4 is 11.9 Å². The quantitative estimate of drug-likeness (QED) is 0.516. The maximum absolute atomic E-state index is 13.3. The minimum atomic E-state index is -1.09. The predicted octanol–water partition coefficient (Wildman–Crippen LogP) is 2.40. The number of benzene rings is 1. The Morgan fingerprint density at radius 2 is 1.91 bits per heavy atom. The number of nitrogens with zero attached hydrogens (tertiary/aromatic N) is 1. The van der Waals surface area contributed by atoms with Crippen LogP contribution in [0, 0.1) is 11.6 Å². The number of hydrogen-bond donors (Lipinski definition) is 0. The minimum absolute atomic E-state index is 0.0283. The van der Waals surface area contributed by atoms with Crippen LogP contribution < -0.4 is 0 Å². The average molecular weight is 329 g/mol. The summed E-state index contributed by atoms with van der Waals surface area (Å²) in [5.41, 5.74) is 0.0326. The van der Waals surface area contributed by atoms with Crippen LogP contribution in [0.2, 0.25) is 0 Å². The molecule has 0 unspecified atom stereocenters. The fraction of sp³-hybridized carbons (Fsp3) is 0.500. The van der Waals surface area contributed by atoms with Gasteiger partial charge in [0.05, 0.1) is 13.5 Å². The first-order valence-electron chi connectivity index (χ1n) is 7.38. The van der Waals surface area contributed by atoms with Crippen molar-refractivity contribution in [2.45, 2.75) is 19.8 Å². The van der Waals surface area contributed by atoms with Gasteiger partial charge >= 0.3 is 5.97 Å². The van der Waals surface area contributed by atoms with Gasteiger partial charge in [-0.1, -0.05) is 0 Å². The number of carbonyl (C=O) groups is 2. The van der Waals surface area contributed by atoms with E-state index in [0.717, 1.165) is 12.1 Å². The summed E-state index contributed by atoms with van der Waals surface area (Å²) in [7, 11) is 1.26. The van der Waals surface area contributed by atoms with Crippen molar-refractivity contribution in [2.24, 2.45) is 0 Å². The first-order chi connectivity index (χ1) is 11.0. The molecule has 0 bridgehead atoms. The van der Waals surface area contributed by atoms with Crippen LogP contribution in [0.1, 0.15) is 30.1 Å². The van der Waals surface area contributed by atoms with Crippen molar-refractivity contribution in [2.75, 3.05) is 33.4 Å². The molecule has 0 saturated carbocycles.